The zero-order valence-electron chi connectivity index (χ0n) is 19.3. The van der Waals surface area contributed by atoms with E-state index in [9.17, 15) is 14.0 Å². The van der Waals surface area contributed by atoms with Crippen molar-refractivity contribution in [1.82, 2.24) is 5.01 Å². The van der Waals surface area contributed by atoms with Gasteiger partial charge < -0.3 is 5.32 Å². The molecule has 2 aliphatic heterocycles. The molecule has 1 N–H and O–H groups in total. The third kappa shape index (κ3) is 5.20. The molecule has 2 aliphatic rings. The molecule has 0 aromatic heterocycles. The Morgan fingerprint density at radius 2 is 1.89 bits per heavy atom. The monoisotopic (exact) mass is 520 g/mol. The second-order valence-electron chi connectivity index (χ2n) is 8.61. The van der Waals surface area contributed by atoms with Gasteiger partial charge in [-0.25, -0.2) is 9.40 Å². The topological polar surface area (TPSA) is 74.1 Å². The standard InChI is InChI=1S/C27H22ClFN4O2S/c1-16-7-9-18(10-8-16)23-14-22(17-5-3-2-4-6-17)32-33(23)27-31-26(35)24(36-27)15-25(34)30-19-11-12-21(29)20(28)13-19/h2-13,23-24H,14-15H2,1H3,(H,30,34)/t23-,24-/m0/s1. The minimum Gasteiger partial charge on any atom is -0.326 e. The predicted octanol–water partition coefficient (Wildman–Crippen LogP) is 5.97. The number of carbonyl (C=O) groups is 2. The second kappa shape index (κ2) is 10.2. The van der Waals surface area contributed by atoms with E-state index >= 15 is 0 Å². The van der Waals surface area contributed by atoms with Crippen molar-refractivity contribution in [2.45, 2.75) is 31.1 Å². The number of aliphatic imine (C=N–C) groups is 1. The molecule has 0 radical (unpaired) electrons. The van der Waals surface area contributed by atoms with Crippen LogP contribution in [0.3, 0.4) is 0 Å². The molecule has 0 bridgehead atoms. The summed E-state index contributed by atoms with van der Waals surface area (Å²) >= 11 is 7.02. The molecule has 0 fully saturated rings. The number of benzene rings is 3. The summed E-state index contributed by atoms with van der Waals surface area (Å²) in [5.41, 5.74) is 4.51. The molecule has 6 nitrogen and oxygen atoms in total. The van der Waals surface area contributed by atoms with Crippen LogP contribution in [0.25, 0.3) is 0 Å². The lowest BCUT2D eigenvalue weighted by Gasteiger charge is -2.23. The molecule has 3 aromatic carbocycles. The van der Waals surface area contributed by atoms with Crippen LogP contribution in [0, 0.1) is 12.7 Å². The van der Waals surface area contributed by atoms with E-state index < -0.39 is 11.1 Å². The number of aryl methyl sites for hydroxylation is 1. The lowest BCUT2D eigenvalue weighted by molar-refractivity contribution is -0.121. The number of anilines is 1. The van der Waals surface area contributed by atoms with Crippen molar-refractivity contribution in [1.29, 1.82) is 0 Å². The highest BCUT2D eigenvalue weighted by Gasteiger charge is 2.39. The molecule has 36 heavy (non-hydrogen) atoms. The minimum atomic E-state index is -0.675. The molecule has 0 spiro atoms. The van der Waals surface area contributed by atoms with E-state index in [0.29, 0.717) is 17.3 Å². The fraction of sp³-hybridized carbons (Fsp3) is 0.185. The fourth-order valence-electron chi connectivity index (χ4n) is 4.10. The first-order valence-corrected chi connectivity index (χ1v) is 12.7. The van der Waals surface area contributed by atoms with E-state index in [0.717, 1.165) is 22.4 Å². The summed E-state index contributed by atoms with van der Waals surface area (Å²) in [6.07, 6.45) is 0.584. The van der Waals surface area contributed by atoms with Gasteiger partial charge in [-0.1, -0.05) is 83.5 Å². The van der Waals surface area contributed by atoms with E-state index in [-0.39, 0.29) is 29.3 Å². The van der Waals surface area contributed by atoms with Gasteiger partial charge in [0.05, 0.1) is 16.8 Å². The van der Waals surface area contributed by atoms with E-state index in [1.165, 1.54) is 30.0 Å². The smallest absolute Gasteiger partial charge is 0.262 e. The Balaban J connectivity index is 1.33. The number of amides is 2. The maximum Gasteiger partial charge on any atom is 0.262 e. The summed E-state index contributed by atoms with van der Waals surface area (Å²) in [5, 5.41) is 9.02. The Bertz CT molecular complexity index is 1380. The third-order valence-corrected chi connectivity index (χ3v) is 7.41. The normalized spacial score (nSPS) is 19.3. The predicted molar refractivity (Wildman–Crippen MR) is 142 cm³/mol. The van der Waals surface area contributed by atoms with Crippen molar-refractivity contribution in [2.24, 2.45) is 10.1 Å². The molecule has 0 unspecified atom stereocenters. The molecule has 0 saturated heterocycles. The number of carbonyl (C=O) groups excluding carboxylic acids is 2. The van der Waals surface area contributed by atoms with Crippen LogP contribution in [-0.4, -0.2) is 33.0 Å². The van der Waals surface area contributed by atoms with Gasteiger partial charge >= 0.3 is 0 Å². The van der Waals surface area contributed by atoms with Crippen LogP contribution in [0.4, 0.5) is 10.1 Å². The SMILES string of the molecule is Cc1ccc([C@@H]2CC(c3ccccc3)=NN2C2=NC(=O)[C@H](CC(=O)Nc3ccc(F)c(Cl)c3)S2)cc1. The van der Waals surface area contributed by atoms with Gasteiger partial charge in [-0.15, -0.1) is 0 Å². The lowest BCUT2D eigenvalue weighted by Crippen LogP contribution is -2.25. The quantitative estimate of drug-likeness (QED) is 0.450. The molecule has 5 rings (SSSR count). The summed E-state index contributed by atoms with van der Waals surface area (Å²) in [4.78, 5) is 29.6. The number of hydrazone groups is 1. The molecule has 2 atom stereocenters. The lowest BCUT2D eigenvalue weighted by atomic mass is 9.98. The molecular weight excluding hydrogens is 499 g/mol. The van der Waals surface area contributed by atoms with Gasteiger partial charge in [-0.3, -0.25) is 9.59 Å². The van der Waals surface area contributed by atoms with Crippen molar-refractivity contribution < 1.29 is 14.0 Å². The van der Waals surface area contributed by atoms with Crippen LogP contribution in [0.1, 0.15) is 35.6 Å². The van der Waals surface area contributed by atoms with Crippen LogP contribution in [0.15, 0.2) is 82.9 Å². The van der Waals surface area contributed by atoms with Crippen molar-refractivity contribution in [2.75, 3.05) is 5.32 Å². The molecular formula is C27H22ClFN4O2S. The molecule has 2 heterocycles. The van der Waals surface area contributed by atoms with Crippen LogP contribution in [0.5, 0.6) is 0 Å². The van der Waals surface area contributed by atoms with Crippen molar-refractivity contribution in [3.8, 4) is 0 Å². The van der Waals surface area contributed by atoms with E-state index in [1.807, 2.05) is 37.3 Å². The molecule has 0 aliphatic carbocycles. The number of nitrogens with zero attached hydrogens (tertiary/aromatic N) is 3. The van der Waals surface area contributed by atoms with Crippen LogP contribution < -0.4 is 5.32 Å². The van der Waals surface area contributed by atoms with Gasteiger partial charge in [0.15, 0.2) is 5.17 Å². The Hall–Kier alpha value is -3.49. The van der Waals surface area contributed by atoms with Crippen molar-refractivity contribution in [3.63, 3.8) is 0 Å². The Kier molecular flexibility index (Phi) is 6.89. The van der Waals surface area contributed by atoms with Gasteiger partial charge in [-0.05, 0) is 36.2 Å². The van der Waals surface area contributed by atoms with Gasteiger partial charge in [-0.2, -0.15) is 10.1 Å². The number of hydrogen-bond donors (Lipinski definition) is 1. The molecule has 182 valence electrons. The average Bonchev–Trinajstić information content (AvgIpc) is 3.46. The zero-order valence-corrected chi connectivity index (χ0v) is 20.9. The fourth-order valence-corrected chi connectivity index (χ4v) is 5.34. The Morgan fingerprint density at radius 1 is 1.14 bits per heavy atom. The van der Waals surface area contributed by atoms with Crippen LogP contribution in [0.2, 0.25) is 5.02 Å². The molecule has 0 saturated carbocycles. The van der Waals surface area contributed by atoms with Crippen molar-refractivity contribution >= 4 is 51.7 Å². The summed E-state index contributed by atoms with van der Waals surface area (Å²) < 4.78 is 13.4. The summed E-state index contributed by atoms with van der Waals surface area (Å²) in [7, 11) is 0. The maximum absolute atomic E-state index is 13.4. The highest BCUT2D eigenvalue weighted by Crippen LogP contribution is 2.38. The number of amidine groups is 1. The first-order chi connectivity index (χ1) is 17.4. The number of halogens is 2. The summed E-state index contributed by atoms with van der Waals surface area (Å²) in [6, 6.07) is 22.0. The summed E-state index contributed by atoms with van der Waals surface area (Å²) in [6.45, 7) is 2.03. The van der Waals surface area contributed by atoms with Gasteiger partial charge in [0.1, 0.15) is 11.1 Å². The molecule has 9 heteroatoms. The van der Waals surface area contributed by atoms with Crippen LogP contribution >= 0.6 is 23.4 Å². The first kappa shape index (κ1) is 24.2. The highest BCUT2D eigenvalue weighted by molar-refractivity contribution is 8.15. The Morgan fingerprint density at radius 3 is 2.61 bits per heavy atom. The van der Waals surface area contributed by atoms with Gasteiger partial charge in [0, 0.05) is 18.5 Å². The number of nitrogens with one attached hydrogen (secondary N) is 1. The minimum absolute atomic E-state index is 0.0796. The third-order valence-electron chi connectivity index (χ3n) is 5.98. The summed E-state index contributed by atoms with van der Waals surface area (Å²) in [5.74, 6) is -1.34. The number of hydrogen-bond acceptors (Lipinski definition) is 5. The van der Waals surface area contributed by atoms with Crippen molar-refractivity contribution in [3.05, 3.63) is 100 Å². The number of rotatable bonds is 5. The maximum atomic E-state index is 13.4. The van der Waals surface area contributed by atoms with Gasteiger partial charge in [0.2, 0.25) is 5.91 Å². The first-order valence-electron chi connectivity index (χ1n) is 11.4. The van der Waals surface area contributed by atoms with E-state index in [1.54, 1.807) is 5.01 Å². The largest absolute Gasteiger partial charge is 0.326 e. The Labute approximate surface area is 217 Å². The van der Waals surface area contributed by atoms with Crippen LogP contribution in [-0.2, 0) is 9.59 Å². The molecule has 2 amide bonds. The molecule has 3 aromatic rings. The van der Waals surface area contributed by atoms with E-state index in [4.69, 9.17) is 16.7 Å². The highest BCUT2D eigenvalue weighted by atomic mass is 35.5. The zero-order chi connectivity index (χ0) is 25.2. The van der Waals surface area contributed by atoms with E-state index in [2.05, 4.69) is 34.6 Å². The van der Waals surface area contributed by atoms with Gasteiger partial charge in [0.25, 0.3) is 5.91 Å². The average molecular weight is 521 g/mol. The number of thioether (sulfide) groups is 1. The second-order valence-corrected chi connectivity index (χ2v) is 10.2.